The number of hydrogen-bond acceptors (Lipinski definition) is 3. The summed E-state index contributed by atoms with van der Waals surface area (Å²) in [4.78, 5) is 0. The lowest BCUT2D eigenvalue weighted by atomic mass is 10.2. The third-order valence-electron chi connectivity index (χ3n) is 2.61. The normalized spacial score (nSPS) is 12.7. The number of benzene rings is 1. The van der Waals surface area contributed by atoms with Gasteiger partial charge in [0, 0.05) is 19.1 Å². The third-order valence-corrected chi connectivity index (χ3v) is 2.61. The molecular formula is C15H26N2O. The first-order valence-corrected chi connectivity index (χ1v) is 6.80. The van der Waals surface area contributed by atoms with Crippen LogP contribution in [0.1, 0.15) is 20.8 Å². The predicted molar refractivity (Wildman–Crippen MR) is 77.1 cm³/mol. The zero-order valence-corrected chi connectivity index (χ0v) is 11.8. The van der Waals surface area contributed by atoms with Crippen LogP contribution in [0.25, 0.3) is 0 Å². The Hall–Kier alpha value is -1.06. The highest BCUT2D eigenvalue weighted by Gasteiger charge is 2.01. The van der Waals surface area contributed by atoms with Crippen molar-refractivity contribution in [3.63, 3.8) is 0 Å². The van der Waals surface area contributed by atoms with Crippen LogP contribution in [-0.2, 0) is 0 Å². The number of nitrogens with one attached hydrogen (secondary N) is 2. The summed E-state index contributed by atoms with van der Waals surface area (Å²) in [5.41, 5.74) is 0. The number of hydrogen-bond donors (Lipinski definition) is 2. The molecule has 1 unspecified atom stereocenters. The molecule has 0 amide bonds. The first-order valence-electron chi connectivity index (χ1n) is 6.80. The summed E-state index contributed by atoms with van der Waals surface area (Å²) >= 11 is 0. The number of para-hydroxylation sites is 1. The van der Waals surface area contributed by atoms with E-state index in [1.165, 1.54) is 0 Å². The standard InChI is InChI=1S/C15H26N2O/c1-13(2)11-16-12-14(3)17-9-10-18-15-7-5-4-6-8-15/h4-8,13-14,16-17H,9-12H2,1-3H3. The van der Waals surface area contributed by atoms with Crippen LogP contribution in [0.5, 0.6) is 5.75 Å². The maximum Gasteiger partial charge on any atom is 0.119 e. The lowest BCUT2D eigenvalue weighted by Crippen LogP contribution is -2.39. The van der Waals surface area contributed by atoms with Gasteiger partial charge in [-0.3, -0.25) is 0 Å². The Morgan fingerprint density at radius 1 is 1.06 bits per heavy atom. The zero-order valence-electron chi connectivity index (χ0n) is 11.8. The van der Waals surface area contributed by atoms with Crippen LogP contribution in [-0.4, -0.2) is 32.3 Å². The second-order valence-corrected chi connectivity index (χ2v) is 5.07. The molecule has 102 valence electrons. The van der Waals surface area contributed by atoms with Gasteiger partial charge in [-0.1, -0.05) is 32.0 Å². The summed E-state index contributed by atoms with van der Waals surface area (Å²) in [5, 5.41) is 6.88. The topological polar surface area (TPSA) is 33.3 Å². The molecule has 0 aliphatic heterocycles. The van der Waals surface area contributed by atoms with Gasteiger partial charge in [0.25, 0.3) is 0 Å². The molecular weight excluding hydrogens is 224 g/mol. The summed E-state index contributed by atoms with van der Waals surface area (Å²) in [7, 11) is 0. The quantitative estimate of drug-likeness (QED) is 0.660. The van der Waals surface area contributed by atoms with E-state index in [4.69, 9.17) is 4.74 Å². The van der Waals surface area contributed by atoms with Crippen molar-refractivity contribution in [1.29, 1.82) is 0 Å². The van der Waals surface area contributed by atoms with Crippen molar-refractivity contribution in [1.82, 2.24) is 10.6 Å². The molecule has 3 nitrogen and oxygen atoms in total. The van der Waals surface area contributed by atoms with Crippen molar-refractivity contribution in [3.05, 3.63) is 30.3 Å². The summed E-state index contributed by atoms with van der Waals surface area (Å²) in [6.07, 6.45) is 0. The summed E-state index contributed by atoms with van der Waals surface area (Å²) in [6.45, 7) is 10.3. The molecule has 1 aromatic carbocycles. The van der Waals surface area contributed by atoms with E-state index in [1.807, 2.05) is 30.3 Å². The van der Waals surface area contributed by atoms with Crippen LogP contribution in [0.3, 0.4) is 0 Å². The second kappa shape index (κ2) is 8.95. The molecule has 0 heterocycles. The smallest absolute Gasteiger partial charge is 0.119 e. The monoisotopic (exact) mass is 250 g/mol. The highest BCUT2D eigenvalue weighted by atomic mass is 16.5. The van der Waals surface area contributed by atoms with E-state index in [1.54, 1.807) is 0 Å². The minimum atomic E-state index is 0.475. The van der Waals surface area contributed by atoms with Crippen molar-refractivity contribution in [2.45, 2.75) is 26.8 Å². The molecule has 0 fully saturated rings. The molecule has 3 heteroatoms. The van der Waals surface area contributed by atoms with Crippen LogP contribution in [0, 0.1) is 5.92 Å². The first kappa shape index (κ1) is 15.0. The Labute approximate surface area is 111 Å². The van der Waals surface area contributed by atoms with Crippen LogP contribution in [0.15, 0.2) is 30.3 Å². The van der Waals surface area contributed by atoms with Gasteiger partial charge >= 0.3 is 0 Å². The van der Waals surface area contributed by atoms with Gasteiger partial charge in [0.05, 0.1) is 0 Å². The van der Waals surface area contributed by atoms with Crippen molar-refractivity contribution in [2.24, 2.45) is 5.92 Å². The summed E-state index contributed by atoms with van der Waals surface area (Å²) in [6, 6.07) is 10.4. The molecule has 18 heavy (non-hydrogen) atoms. The van der Waals surface area contributed by atoms with Crippen molar-refractivity contribution in [2.75, 3.05) is 26.2 Å². The average molecular weight is 250 g/mol. The second-order valence-electron chi connectivity index (χ2n) is 5.07. The van der Waals surface area contributed by atoms with E-state index in [2.05, 4.69) is 31.4 Å². The fourth-order valence-electron chi connectivity index (χ4n) is 1.65. The zero-order chi connectivity index (χ0) is 13.2. The highest BCUT2D eigenvalue weighted by molar-refractivity contribution is 5.20. The maximum absolute atomic E-state index is 5.62. The average Bonchev–Trinajstić information content (AvgIpc) is 2.35. The van der Waals surface area contributed by atoms with Crippen LogP contribution in [0.4, 0.5) is 0 Å². The lowest BCUT2D eigenvalue weighted by Gasteiger charge is -2.16. The van der Waals surface area contributed by atoms with E-state index < -0.39 is 0 Å². The third kappa shape index (κ3) is 7.30. The van der Waals surface area contributed by atoms with Gasteiger partial charge in [-0.05, 0) is 31.5 Å². The predicted octanol–water partition coefficient (Wildman–Crippen LogP) is 2.29. The Morgan fingerprint density at radius 3 is 2.44 bits per heavy atom. The van der Waals surface area contributed by atoms with Crippen molar-refractivity contribution >= 4 is 0 Å². The Morgan fingerprint density at radius 2 is 1.78 bits per heavy atom. The molecule has 0 saturated heterocycles. The van der Waals surface area contributed by atoms with Crippen molar-refractivity contribution in [3.8, 4) is 5.75 Å². The number of rotatable bonds is 9. The van der Waals surface area contributed by atoms with Crippen LogP contribution >= 0.6 is 0 Å². The van der Waals surface area contributed by atoms with Gasteiger partial charge in [0.1, 0.15) is 12.4 Å². The molecule has 1 aromatic rings. The van der Waals surface area contributed by atoms with Gasteiger partial charge in [0.15, 0.2) is 0 Å². The van der Waals surface area contributed by atoms with E-state index in [0.29, 0.717) is 18.6 Å². The van der Waals surface area contributed by atoms with Crippen LogP contribution < -0.4 is 15.4 Å². The number of ether oxygens (including phenoxy) is 1. The van der Waals surface area contributed by atoms with Gasteiger partial charge in [-0.25, -0.2) is 0 Å². The molecule has 0 spiro atoms. The largest absolute Gasteiger partial charge is 0.492 e. The molecule has 0 aromatic heterocycles. The highest BCUT2D eigenvalue weighted by Crippen LogP contribution is 2.07. The lowest BCUT2D eigenvalue weighted by molar-refractivity contribution is 0.305. The van der Waals surface area contributed by atoms with Gasteiger partial charge in [0.2, 0.25) is 0 Å². The first-order chi connectivity index (χ1) is 8.68. The van der Waals surface area contributed by atoms with Gasteiger partial charge < -0.3 is 15.4 Å². The molecule has 0 bridgehead atoms. The van der Waals surface area contributed by atoms with Crippen LogP contribution in [0.2, 0.25) is 0 Å². The molecule has 1 rings (SSSR count). The van der Waals surface area contributed by atoms with E-state index >= 15 is 0 Å². The van der Waals surface area contributed by atoms with E-state index in [-0.39, 0.29) is 0 Å². The molecule has 1 atom stereocenters. The molecule has 0 aliphatic carbocycles. The minimum Gasteiger partial charge on any atom is -0.492 e. The van der Waals surface area contributed by atoms with E-state index in [0.717, 1.165) is 25.4 Å². The molecule has 0 radical (unpaired) electrons. The SMILES string of the molecule is CC(C)CNCC(C)NCCOc1ccccc1. The van der Waals surface area contributed by atoms with E-state index in [9.17, 15) is 0 Å². The molecule has 0 aliphatic rings. The fraction of sp³-hybridized carbons (Fsp3) is 0.600. The summed E-state index contributed by atoms with van der Waals surface area (Å²) in [5.74, 6) is 1.64. The van der Waals surface area contributed by atoms with Crippen molar-refractivity contribution < 1.29 is 4.74 Å². The summed E-state index contributed by atoms with van der Waals surface area (Å²) < 4.78 is 5.62. The van der Waals surface area contributed by atoms with Gasteiger partial charge in [-0.2, -0.15) is 0 Å². The maximum atomic E-state index is 5.62. The Bertz CT molecular complexity index is 301. The Balaban J connectivity index is 2.00. The fourth-order valence-corrected chi connectivity index (χ4v) is 1.65. The molecule has 2 N–H and O–H groups in total. The van der Waals surface area contributed by atoms with Gasteiger partial charge in [-0.15, -0.1) is 0 Å². The minimum absolute atomic E-state index is 0.475. The molecule has 0 saturated carbocycles. The Kier molecular flexibility index (Phi) is 7.46.